The van der Waals surface area contributed by atoms with E-state index in [2.05, 4.69) is 35.1 Å². The monoisotopic (exact) mass is 685 g/mol. The maximum atomic E-state index is 16.1. The molecule has 3 aliphatic rings. The first-order chi connectivity index (χ1) is 24.3. The minimum Gasteiger partial charge on any atom is -0.476 e. The maximum Gasteiger partial charge on any atom is 0.331 e. The van der Waals surface area contributed by atoms with Gasteiger partial charge in [0.25, 0.3) is 0 Å². The fourth-order valence-electron chi connectivity index (χ4n) is 7.92. The van der Waals surface area contributed by atoms with Crippen molar-refractivity contribution < 1.29 is 13.7 Å². The predicted octanol–water partition coefficient (Wildman–Crippen LogP) is 8.22. The fraction of sp³-hybridized carbons (Fsp3) is 0.317. The van der Waals surface area contributed by atoms with Gasteiger partial charge in [-0.05, 0) is 83.9 Å². The minimum atomic E-state index is -3.80. The van der Waals surface area contributed by atoms with Crippen LogP contribution in [0.15, 0.2) is 113 Å². The summed E-state index contributed by atoms with van der Waals surface area (Å²) in [6.45, 7) is 5.33. The molecule has 2 heterocycles. The largest absolute Gasteiger partial charge is 0.476 e. The third kappa shape index (κ3) is 5.57. The third-order valence-corrected chi connectivity index (χ3v) is 12.7. The van der Waals surface area contributed by atoms with E-state index in [0.29, 0.717) is 19.0 Å². The Balaban J connectivity index is 1.34. The van der Waals surface area contributed by atoms with Crippen molar-refractivity contribution in [3.8, 4) is 5.88 Å². The number of amides is 2. The molecule has 0 spiro atoms. The predicted molar refractivity (Wildman–Crippen MR) is 197 cm³/mol. The Morgan fingerprint density at radius 1 is 0.880 bits per heavy atom. The number of urea groups is 1. The van der Waals surface area contributed by atoms with Gasteiger partial charge in [0.2, 0.25) is 5.88 Å². The van der Waals surface area contributed by atoms with Gasteiger partial charge in [0.1, 0.15) is 10.4 Å². The molecule has 2 aliphatic carbocycles. The molecule has 0 fully saturated rings. The van der Waals surface area contributed by atoms with E-state index in [1.807, 2.05) is 91.0 Å². The molecule has 50 heavy (non-hydrogen) atoms. The van der Waals surface area contributed by atoms with E-state index in [9.17, 15) is 4.79 Å². The number of rotatable bonds is 8. The molecule has 0 bridgehead atoms. The minimum absolute atomic E-state index is 0.130. The molecule has 0 saturated carbocycles. The summed E-state index contributed by atoms with van der Waals surface area (Å²) in [5.74, 6) is 0.370. The van der Waals surface area contributed by atoms with E-state index < -0.39 is 21.5 Å². The van der Waals surface area contributed by atoms with E-state index in [4.69, 9.17) is 9.10 Å². The van der Waals surface area contributed by atoms with Gasteiger partial charge in [0.05, 0.1) is 19.3 Å². The van der Waals surface area contributed by atoms with E-state index in [1.165, 1.54) is 22.3 Å². The molecule has 0 radical (unpaired) electrons. The van der Waals surface area contributed by atoms with Crippen LogP contribution in [0, 0.1) is 5.41 Å². The van der Waals surface area contributed by atoms with Gasteiger partial charge in [-0.3, -0.25) is 0 Å². The lowest BCUT2D eigenvalue weighted by Crippen LogP contribution is -2.39. The number of nitrogens with zero attached hydrogens (tertiary/aromatic N) is 3. The van der Waals surface area contributed by atoms with Crippen molar-refractivity contribution in [1.29, 1.82) is 0 Å². The molecule has 9 heteroatoms. The van der Waals surface area contributed by atoms with Crippen molar-refractivity contribution in [1.82, 2.24) is 14.5 Å². The molecule has 1 aliphatic heterocycles. The summed E-state index contributed by atoms with van der Waals surface area (Å²) in [7, 11) is -3.80. The molecule has 2 atom stereocenters. The molecule has 256 valence electrons. The van der Waals surface area contributed by atoms with E-state index in [1.54, 1.807) is 10.9 Å². The van der Waals surface area contributed by atoms with Crippen LogP contribution in [0.3, 0.4) is 0 Å². The van der Waals surface area contributed by atoms with Gasteiger partial charge >= 0.3 is 6.03 Å². The fourth-order valence-corrected chi connectivity index (χ4v) is 9.77. The summed E-state index contributed by atoms with van der Waals surface area (Å²) in [6, 6.07) is 31.4. The Morgan fingerprint density at radius 2 is 1.42 bits per heavy atom. The lowest BCUT2D eigenvalue weighted by atomic mass is 9.78. The van der Waals surface area contributed by atoms with E-state index in [-0.39, 0.29) is 10.3 Å². The Hall–Kier alpha value is -4.89. The Morgan fingerprint density at radius 3 is 1.94 bits per heavy atom. The van der Waals surface area contributed by atoms with Crippen LogP contribution in [-0.2, 0) is 47.7 Å². The number of carbonyl (C=O) groups is 1. The third-order valence-electron chi connectivity index (χ3n) is 10.8. The number of benzene rings is 4. The van der Waals surface area contributed by atoms with Crippen molar-refractivity contribution in [3.63, 3.8) is 0 Å². The van der Waals surface area contributed by atoms with E-state index in [0.717, 1.165) is 67.3 Å². The number of ether oxygens (including phenoxy) is 1. The molecule has 1 aromatic heterocycles. The molecule has 2 amide bonds. The van der Waals surface area contributed by atoms with Gasteiger partial charge in [-0.25, -0.2) is 18.4 Å². The van der Waals surface area contributed by atoms with Crippen LogP contribution < -0.4 is 14.8 Å². The Kier molecular flexibility index (Phi) is 8.26. The van der Waals surface area contributed by atoms with Crippen LogP contribution in [0.1, 0.15) is 72.1 Å². The molecule has 2 N–H and O–H groups in total. The normalized spacial score (nSPS) is 19.0. The molecule has 2 unspecified atom stereocenters. The average Bonchev–Trinajstić information content (AvgIpc) is 3.92. The first kappa shape index (κ1) is 32.3. The van der Waals surface area contributed by atoms with Crippen LogP contribution in [0.25, 0.3) is 0 Å². The van der Waals surface area contributed by atoms with Crippen molar-refractivity contribution >= 4 is 21.6 Å². The Bertz CT molecular complexity index is 2050. The molecule has 8 rings (SSSR count). The number of fused-ring (bicyclic) bond motifs is 3. The Labute approximate surface area is 294 Å². The molecule has 5 aromatic rings. The van der Waals surface area contributed by atoms with Gasteiger partial charge in [0.15, 0.2) is 9.92 Å². The van der Waals surface area contributed by atoms with E-state index >= 15 is 4.21 Å². The highest BCUT2D eigenvalue weighted by Gasteiger charge is 2.42. The van der Waals surface area contributed by atoms with Crippen molar-refractivity contribution in [2.45, 2.75) is 75.8 Å². The SMILES string of the molecule is CCC1(C)COc2c(S(=O)(=NC(c3ccccc3)(c3ccccc3)c3ccccc3)NC(=O)Nc3c4c(cc5c3CCC5)CCC4)cnn2C1. The highest BCUT2D eigenvalue weighted by Crippen LogP contribution is 2.44. The van der Waals surface area contributed by atoms with Gasteiger partial charge in [-0.1, -0.05) is 111 Å². The van der Waals surface area contributed by atoms with Gasteiger partial charge < -0.3 is 10.1 Å². The number of anilines is 1. The number of carbonyl (C=O) groups excluding carboxylic acids is 1. The van der Waals surface area contributed by atoms with Crippen LogP contribution in [-0.4, -0.2) is 26.6 Å². The lowest BCUT2D eigenvalue weighted by Gasteiger charge is -2.34. The van der Waals surface area contributed by atoms with Crippen LogP contribution in [0.2, 0.25) is 0 Å². The molecule has 4 aromatic carbocycles. The molecule has 8 nitrogen and oxygen atoms in total. The topological polar surface area (TPSA) is 97.6 Å². The zero-order valence-electron chi connectivity index (χ0n) is 28.7. The lowest BCUT2D eigenvalue weighted by molar-refractivity contribution is 0.0783. The maximum absolute atomic E-state index is 16.1. The second-order valence-electron chi connectivity index (χ2n) is 14.1. The summed E-state index contributed by atoms with van der Waals surface area (Å²) >= 11 is 0. The highest BCUT2D eigenvalue weighted by atomic mass is 32.2. The van der Waals surface area contributed by atoms with Gasteiger partial charge in [-0.2, -0.15) is 9.46 Å². The van der Waals surface area contributed by atoms with Crippen LogP contribution in [0.5, 0.6) is 5.88 Å². The quantitative estimate of drug-likeness (QED) is 0.161. The number of aryl methyl sites for hydroxylation is 2. The standard InChI is InChI=1S/C41H43N5O3S/c1-3-40(2)27-46-38(49-28-40)36(26-42-46)50(48,44-39(47)43-37-34-23-13-15-29(34)25-30-16-14-24-35(30)37)45-41(31-17-7-4-8-18-31,32-19-9-5-10-20-32)33-21-11-6-12-22-33/h4-12,17-22,25-26H,3,13-16,23-24,27-28H2,1-2H3,(H2,43,44,45,47,48). The highest BCUT2D eigenvalue weighted by molar-refractivity contribution is 7.92. The molecule has 0 saturated heterocycles. The summed E-state index contributed by atoms with van der Waals surface area (Å²) < 4.78 is 32.6. The first-order valence-electron chi connectivity index (χ1n) is 17.7. The summed E-state index contributed by atoms with van der Waals surface area (Å²) in [4.78, 5) is 14.7. The zero-order valence-corrected chi connectivity index (χ0v) is 29.5. The van der Waals surface area contributed by atoms with Crippen molar-refractivity contribution in [2.75, 3.05) is 11.9 Å². The second-order valence-corrected chi connectivity index (χ2v) is 16.0. The summed E-state index contributed by atoms with van der Waals surface area (Å²) in [5, 5.41) is 7.89. The van der Waals surface area contributed by atoms with Crippen LogP contribution >= 0.6 is 0 Å². The second kappa shape index (κ2) is 12.8. The average molecular weight is 686 g/mol. The molecular formula is C41H43N5O3S. The van der Waals surface area contributed by atoms with Crippen molar-refractivity contribution in [2.24, 2.45) is 9.78 Å². The first-order valence-corrected chi connectivity index (χ1v) is 19.2. The number of nitrogens with one attached hydrogen (secondary N) is 2. The smallest absolute Gasteiger partial charge is 0.331 e. The van der Waals surface area contributed by atoms with Crippen LogP contribution in [0.4, 0.5) is 10.5 Å². The van der Waals surface area contributed by atoms with Gasteiger partial charge in [0, 0.05) is 11.1 Å². The number of hydrogen-bond acceptors (Lipinski definition) is 5. The number of hydrogen-bond donors (Lipinski definition) is 2. The summed E-state index contributed by atoms with van der Waals surface area (Å²) in [6.07, 6.45) is 8.43. The zero-order chi connectivity index (χ0) is 34.3. The van der Waals surface area contributed by atoms with Crippen molar-refractivity contribution in [3.05, 3.63) is 142 Å². The van der Waals surface area contributed by atoms with Gasteiger partial charge in [-0.15, -0.1) is 0 Å². The molecular weight excluding hydrogens is 643 g/mol. The number of aromatic nitrogens is 2. The summed E-state index contributed by atoms with van der Waals surface area (Å²) in [5.41, 5.74) is 6.91.